The maximum Gasteiger partial charge on any atom is 0.185 e. The molecule has 1 aromatic rings. The normalized spacial score (nSPS) is 17.7. The van der Waals surface area contributed by atoms with Crippen LogP contribution in [0.1, 0.15) is 63.4 Å². The first-order valence-electron chi connectivity index (χ1n) is 7.27. The van der Waals surface area contributed by atoms with Crippen LogP contribution in [0.3, 0.4) is 0 Å². The summed E-state index contributed by atoms with van der Waals surface area (Å²) in [6, 6.07) is 0.624. The summed E-state index contributed by atoms with van der Waals surface area (Å²) in [6.45, 7) is 6.57. The maximum absolute atomic E-state index is 9.54. The number of aromatic nitrogens is 1. The van der Waals surface area contributed by atoms with E-state index in [1.165, 1.54) is 32.1 Å². The molecule has 1 aromatic heterocycles. The number of anilines is 1. The Labute approximate surface area is 120 Å². The van der Waals surface area contributed by atoms with Gasteiger partial charge in [0.15, 0.2) is 5.13 Å². The van der Waals surface area contributed by atoms with Gasteiger partial charge in [0.25, 0.3) is 0 Å². The third kappa shape index (κ3) is 3.29. The Morgan fingerprint density at radius 2 is 1.89 bits per heavy atom. The monoisotopic (exact) mass is 282 g/mol. The summed E-state index contributed by atoms with van der Waals surface area (Å²) in [5.41, 5.74) is 1.05. The van der Waals surface area contributed by atoms with Gasteiger partial charge in [0.05, 0.1) is 17.2 Å². The topological polar surface area (TPSA) is 36.4 Å². The van der Waals surface area contributed by atoms with Gasteiger partial charge in [-0.15, -0.1) is 0 Å². The van der Waals surface area contributed by atoms with Gasteiger partial charge in [0, 0.05) is 18.5 Å². The highest BCUT2D eigenvalue weighted by Crippen LogP contribution is 2.35. The van der Waals surface area contributed by atoms with Gasteiger partial charge in [-0.1, -0.05) is 51.4 Å². The molecule has 0 spiro atoms. The molecule has 4 heteroatoms. The molecule has 19 heavy (non-hydrogen) atoms. The van der Waals surface area contributed by atoms with Crippen molar-refractivity contribution in [2.75, 3.05) is 11.9 Å². The molecule has 0 aromatic carbocycles. The molecule has 1 N–H and O–H groups in total. The first-order chi connectivity index (χ1) is 8.93. The molecular weight excluding hydrogens is 256 g/mol. The highest BCUT2D eigenvalue weighted by atomic mass is 32.1. The molecule has 1 saturated carbocycles. The SMILES string of the molecule is CN(c1nc(C(C)(C)C)c(CO)s1)C1CCCCC1. The fraction of sp³-hybridized carbons (Fsp3) is 0.800. The summed E-state index contributed by atoms with van der Waals surface area (Å²) in [5.74, 6) is 0. The summed E-state index contributed by atoms with van der Waals surface area (Å²) in [4.78, 5) is 8.16. The number of nitrogens with zero attached hydrogens (tertiary/aromatic N) is 2. The molecule has 0 atom stereocenters. The Kier molecular flexibility index (Phi) is 4.51. The number of hydrogen-bond donors (Lipinski definition) is 1. The number of rotatable bonds is 3. The summed E-state index contributed by atoms with van der Waals surface area (Å²) in [7, 11) is 2.16. The van der Waals surface area contributed by atoms with Gasteiger partial charge < -0.3 is 10.0 Å². The number of thiazole rings is 1. The Bertz CT molecular complexity index is 416. The number of hydrogen-bond acceptors (Lipinski definition) is 4. The zero-order valence-electron chi connectivity index (χ0n) is 12.6. The summed E-state index contributed by atoms with van der Waals surface area (Å²) in [5, 5.41) is 10.6. The van der Waals surface area contributed by atoms with E-state index in [1.807, 2.05) is 0 Å². The van der Waals surface area contributed by atoms with Crippen LogP contribution < -0.4 is 4.90 Å². The van der Waals surface area contributed by atoms with Crippen LogP contribution in [0.25, 0.3) is 0 Å². The van der Waals surface area contributed by atoms with E-state index in [-0.39, 0.29) is 12.0 Å². The molecule has 3 nitrogen and oxygen atoms in total. The van der Waals surface area contributed by atoms with Crippen molar-refractivity contribution in [1.82, 2.24) is 4.98 Å². The second-order valence-corrected chi connectivity index (χ2v) is 7.64. The van der Waals surface area contributed by atoms with Crippen molar-refractivity contribution < 1.29 is 5.11 Å². The summed E-state index contributed by atoms with van der Waals surface area (Å²) < 4.78 is 0. The van der Waals surface area contributed by atoms with E-state index in [4.69, 9.17) is 4.98 Å². The minimum Gasteiger partial charge on any atom is -0.391 e. The highest BCUT2D eigenvalue weighted by molar-refractivity contribution is 7.15. The smallest absolute Gasteiger partial charge is 0.185 e. The van der Waals surface area contributed by atoms with Crippen LogP contribution in [0.4, 0.5) is 5.13 Å². The zero-order chi connectivity index (χ0) is 14.0. The van der Waals surface area contributed by atoms with Crippen molar-refractivity contribution in [2.24, 2.45) is 0 Å². The average Bonchev–Trinajstić information content (AvgIpc) is 2.83. The van der Waals surface area contributed by atoms with Gasteiger partial charge >= 0.3 is 0 Å². The molecule has 0 aliphatic heterocycles. The fourth-order valence-electron chi connectivity index (χ4n) is 2.81. The molecule has 0 unspecified atom stereocenters. The van der Waals surface area contributed by atoms with Gasteiger partial charge in [0.1, 0.15) is 0 Å². The van der Waals surface area contributed by atoms with Gasteiger partial charge in [-0.2, -0.15) is 0 Å². The Morgan fingerprint density at radius 1 is 1.26 bits per heavy atom. The van der Waals surface area contributed by atoms with Crippen LogP contribution in [-0.2, 0) is 12.0 Å². The predicted octanol–water partition coefficient (Wildman–Crippen LogP) is 3.70. The minimum absolute atomic E-state index is 0.000216. The van der Waals surface area contributed by atoms with E-state index in [2.05, 4.69) is 32.7 Å². The second-order valence-electron chi connectivity index (χ2n) is 6.58. The third-order valence-corrected chi connectivity index (χ3v) is 5.09. The molecule has 1 aliphatic rings. The van der Waals surface area contributed by atoms with E-state index >= 15 is 0 Å². The number of aliphatic hydroxyl groups is 1. The molecule has 1 fully saturated rings. The Hall–Kier alpha value is -0.610. The van der Waals surface area contributed by atoms with Crippen LogP contribution in [0, 0.1) is 0 Å². The molecule has 2 rings (SSSR count). The average molecular weight is 282 g/mol. The lowest BCUT2D eigenvalue weighted by Crippen LogP contribution is -2.33. The van der Waals surface area contributed by atoms with Crippen LogP contribution in [0.5, 0.6) is 0 Å². The molecule has 0 radical (unpaired) electrons. The van der Waals surface area contributed by atoms with Crippen LogP contribution in [0.2, 0.25) is 0 Å². The lowest BCUT2D eigenvalue weighted by molar-refractivity contribution is 0.282. The predicted molar refractivity (Wildman–Crippen MR) is 82.0 cm³/mol. The molecule has 1 aliphatic carbocycles. The molecular formula is C15H26N2OS. The van der Waals surface area contributed by atoms with E-state index < -0.39 is 0 Å². The lowest BCUT2D eigenvalue weighted by atomic mass is 9.91. The van der Waals surface area contributed by atoms with Crippen molar-refractivity contribution >= 4 is 16.5 Å². The van der Waals surface area contributed by atoms with E-state index in [0.717, 1.165) is 15.7 Å². The standard InChI is InChI=1S/C15H26N2OS/c1-15(2,3)13-12(10-18)19-14(16-13)17(4)11-8-6-5-7-9-11/h11,18H,5-10H2,1-4H3. The number of aliphatic hydroxyl groups excluding tert-OH is 1. The molecule has 0 saturated heterocycles. The van der Waals surface area contributed by atoms with Crippen molar-refractivity contribution in [3.8, 4) is 0 Å². The quantitative estimate of drug-likeness (QED) is 0.918. The van der Waals surface area contributed by atoms with Crippen molar-refractivity contribution in [1.29, 1.82) is 0 Å². The Morgan fingerprint density at radius 3 is 2.37 bits per heavy atom. The third-order valence-electron chi connectivity index (χ3n) is 3.96. The van der Waals surface area contributed by atoms with Gasteiger partial charge in [-0.25, -0.2) is 4.98 Å². The summed E-state index contributed by atoms with van der Waals surface area (Å²) >= 11 is 1.65. The maximum atomic E-state index is 9.54. The lowest BCUT2D eigenvalue weighted by Gasteiger charge is -2.31. The van der Waals surface area contributed by atoms with Crippen LogP contribution in [0.15, 0.2) is 0 Å². The molecule has 0 bridgehead atoms. The first-order valence-corrected chi connectivity index (χ1v) is 8.09. The van der Waals surface area contributed by atoms with E-state index in [0.29, 0.717) is 6.04 Å². The fourth-order valence-corrected chi connectivity index (χ4v) is 3.97. The van der Waals surface area contributed by atoms with Crippen molar-refractivity contribution in [3.05, 3.63) is 10.6 Å². The van der Waals surface area contributed by atoms with E-state index in [1.54, 1.807) is 11.3 Å². The second kappa shape index (κ2) is 5.80. The van der Waals surface area contributed by atoms with Gasteiger partial charge in [-0.05, 0) is 12.8 Å². The van der Waals surface area contributed by atoms with Crippen molar-refractivity contribution in [3.63, 3.8) is 0 Å². The van der Waals surface area contributed by atoms with Crippen molar-refractivity contribution in [2.45, 2.75) is 70.9 Å². The zero-order valence-corrected chi connectivity index (χ0v) is 13.4. The molecule has 108 valence electrons. The minimum atomic E-state index is 0.000216. The van der Waals surface area contributed by atoms with Crippen LogP contribution >= 0.6 is 11.3 Å². The van der Waals surface area contributed by atoms with Crippen LogP contribution in [-0.4, -0.2) is 23.2 Å². The highest BCUT2D eigenvalue weighted by Gasteiger charge is 2.26. The molecule has 0 amide bonds. The largest absolute Gasteiger partial charge is 0.391 e. The molecule has 1 heterocycles. The van der Waals surface area contributed by atoms with Gasteiger partial charge in [0.2, 0.25) is 0 Å². The summed E-state index contributed by atoms with van der Waals surface area (Å²) in [6.07, 6.45) is 6.58. The first kappa shape index (κ1) is 14.8. The Balaban J connectivity index is 2.22. The van der Waals surface area contributed by atoms with Gasteiger partial charge in [-0.3, -0.25) is 0 Å². The van der Waals surface area contributed by atoms with E-state index in [9.17, 15) is 5.11 Å².